The third-order valence-electron chi connectivity index (χ3n) is 1.71. The number of aromatic nitrogens is 1. The van der Waals surface area contributed by atoms with Gasteiger partial charge in [0.1, 0.15) is 5.01 Å². The minimum Gasteiger partial charge on any atom is -0.327 e. The molecule has 1 aromatic heterocycles. The molecule has 3 heteroatoms. The molecule has 0 spiro atoms. The fraction of sp³-hybridized carbons (Fsp3) is 0.100. The van der Waals surface area contributed by atoms with Gasteiger partial charge < -0.3 is 5.73 Å². The SMILES string of the molecule is NC/C=C/c1nc2ccccc2s1. The summed E-state index contributed by atoms with van der Waals surface area (Å²) >= 11 is 1.68. The quantitative estimate of drug-likeness (QED) is 0.789. The van der Waals surface area contributed by atoms with Crippen LogP contribution in [0.4, 0.5) is 0 Å². The molecule has 2 aromatic rings. The first kappa shape index (κ1) is 8.41. The topological polar surface area (TPSA) is 38.9 Å². The predicted molar refractivity (Wildman–Crippen MR) is 57.7 cm³/mol. The molecule has 0 saturated heterocycles. The van der Waals surface area contributed by atoms with Crippen LogP contribution in [0.5, 0.6) is 0 Å². The molecule has 0 atom stereocenters. The molecular formula is C10H10N2S. The van der Waals surface area contributed by atoms with E-state index in [0.29, 0.717) is 6.54 Å². The molecule has 2 N–H and O–H groups in total. The van der Waals surface area contributed by atoms with Crippen LogP contribution in [0, 0.1) is 0 Å². The number of hydrogen-bond donors (Lipinski definition) is 1. The van der Waals surface area contributed by atoms with Crippen LogP contribution < -0.4 is 5.73 Å². The van der Waals surface area contributed by atoms with Crippen LogP contribution in [0.25, 0.3) is 16.3 Å². The zero-order chi connectivity index (χ0) is 9.10. The highest BCUT2D eigenvalue weighted by atomic mass is 32.1. The standard InChI is InChI=1S/C10H10N2S/c11-7-3-6-10-12-8-4-1-2-5-9(8)13-10/h1-6H,7,11H2/b6-3+. The summed E-state index contributed by atoms with van der Waals surface area (Å²) in [5.74, 6) is 0. The van der Waals surface area contributed by atoms with E-state index in [1.54, 1.807) is 11.3 Å². The number of benzene rings is 1. The van der Waals surface area contributed by atoms with E-state index in [4.69, 9.17) is 5.73 Å². The molecule has 0 aliphatic carbocycles. The van der Waals surface area contributed by atoms with Crippen molar-refractivity contribution in [3.05, 3.63) is 35.3 Å². The van der Waals surface area contributed by atoms with E-state index < -0.39 is 0 Å². The van der Waals surface area contributed by atoms with Gasteiger partial charge in [0.15, 0.2) is 0 Å². The Bertz CT molecular complexity index is 398. The minimum atomic E-state index is 0.565. The number of nitrogens with two attached hydrogens (primary N) is 1. The molecule has 1 aromatic carbocycles. The third-order valence-corrected chi connectivity index (χ3v) is 2.71. The van der Waals surface area contributed by atoms with Crippen LogP contribution in [0.15, 0.2) is 30.3 Å². The fourth-order valence-corrected chi connectivity index (χ4v) is 2.03. The van der Waals surface area contributed by atoms with Crippen LogP contribution in [0.3, 0.4) is 0 Å². The van der Waals surface area contributed by atoms with Gasteiger partial charge in [-0.2, -0.15) is 0 Å². The van der Waals surface area contributed by atoms with Gasteiger partial charge in [0, 0.05) is 6.54 Å². The monoisotopic (exact) mass is 190 g/mol. The maximum absolute atomic E-state index is 5.36. The van der Waals surface area contributed by atoms with Crippen molar-refractivity contribution < 1.29 is 0 Å². The molecule has 0 aliphatic rings. The van der Waals surface area contributed by atoms with Crippen molar-refractivity contribution in [1.29, 1.82) is 0 Å². The van der Waals surface area contributed by atoms with Crippen LogP contribution in [-0.2, 0) is 0 Å². The smallest absolute Gasteiger partial charge is 0.117 e. The van der Waals surface area contributed by atoms with Crippen molar-refractivity contribution in [3.8, 4) is 0 Å². The Kier molecular flexibility index (Phi) is 2.38. The predicted octanol–water partition coefficient (Wildman–Crippen LogP) is 2.27. The number of hydrogen-bond acceptors (Lipinski definition) is 3. The molecule has 0 amide bonds. The maximum atomic E-state index is 5.36. The molecule has 0 aliphatic heterocycles. The summed E-state index contributed by atoms with van der Waals surface area (Å²) in [4.78, 5) is 4.43. The Balaban J connectivity index is 2.44. The number of nitrogens with zero attached hydrogens (tertiary/aromatic N) is 1. The van der Waals surface area contributed by atoms with Crippen LogP contribution >= 0.6 is 11.3 Å². The normalized spacial score (nSPS) is 11.5. The average molecular weight is 190 g/mol. The van der Waals surface area contributed by atoms with Crippen molar-refractivity contribution in [1.82, 2.24) is 4.98 Å². The Labute approximate surface area is 80.7 Å². The maximum Gasteiger partial charge on any atom is 0.117 e. The Morgan fingerprint density at radius 3 is 3.00 bits per heavy atom. The second kappa shape index (κ2) is 3.68. The lowest BCUT2D eigenvalue weighted by Gasteiger charge is -1.80. The van der Waals surface area contributed by atoms with Gasteiger partial charge in [-0.3, -0.25) is 0 Å². The summed E-state index contributed by atoms with van der Waals surface area (Å²) in [6, 6.07) is 8.12. The van der Waals surface area contributed by atoms with E-state index in [1.165, 1.54) is 4.70 Å². The number of thiazole rings is 1. The lowest BCUT2D eigenvalue weighted by molar-refractivity contribution is 1.26. The van der Waals surface area contributed by atoms with Crippen molar-refractivity contribution >= 4 is 27.6 Å². The number of rotatable bonds is 2. The summed E-state index contributed by atoms with van der Waals surface area (Å²) in [6.07, 6.45) is 3.88. The first-order valence-corrected chi connectivity index (χ1v) is 4.94. The van der Waals surface area contributed by atoms with Crippen molar-refractivity contribution in [2.24, 2.45) is 5.73 Å². The first-order chi connectivity index (χ1) is 6.40. The van der Waals surface area contributed by atoms with Gasteiger partial charge >= 0.3 is 0 Å². The van der Waals surface area contributed by atoms with Crippen LogP contribution in [-0.4, -0.2) is 11.5 Å². The molecule has 13 heavy (non-hydrogen) atoms. The molecule has 2 rings (SSSR count). The van der Waals surface area contributed by atoms with Gasteiger partial charge in [-0.15, -0.1) is 11.3 Å². The highest BCUT2D eigenvalue weighted by molar-refractivity contribution is 7.19. The second-order valence-electron chi connectivity index (χ2n) is 2.66. The van der Waals surface area contributed by atoms with E-state index in [9.17, 15) is 0 Å². The average Bonchev–Trinajstić information content (AvgIpc) is 2.57. The zero-order valence-corrected chi connectivity index (χ0v) is 7.92. The molecular weight excluding hydrogens is 180 g/mol. The van der Waals surface area contributed by atoms with Crippen LogP contribution in [0.2, 0.25) is 0 Å². The molecule has 0 radical (unpaired) electrons. The summed E-state index contributed by atoms with van der Waals surface area (Å²) in [5, 5.41) is 1.02. The van der Waals surface area contributed by atoms with Crippen LogP contribution in [0.1, 0.15) is 5.01 Å². The van der Waals surface area contributed by atoms with Gasteiger partial charge in [-0.1, -0.05) is 18.2 Å². The van der Waals surface area contributed by atoms with E-state index in [1.807, 2.05) is 30.4 Å². The Morgan fingerprint density at radius 1 is 1.38 bits per heavy atom. The van der Waals surface area contributed by atoms with Gasteiger partial charge in [-0.05, 0) is 18.2 Å². The summed E-state index contributed by atoms with van der Waals surface area (Å²) < 4.78 is 1.22. The van der Waals surface area contributed by atoms with E-state index in [2.05, 4.69) is 11.1 Å². The number of fused-ring (bicyclic) bond motifs is 1. The lowest BCUT2D eigenvalue weighted by atomic mass is 10.3. The molecule has 0 saturated carbocycles. The van der Waals surface area contributed by atoms with Crippen molar-refractivity contribution in [3.63, 3.8) is 0 Å². The van der Waals surface area contributed by atoms with Gasteiger partial charge in [0.05, 0.1) is 10.2 Å². The summed E-state index contributed by atoms with van der Waals surface area (Å²) in [5.41, 5.74) is 6.42. The second-order valence-corrected chi connectivity index (χ2v) is 3.72. The summed E-state index contributed by atoms with van der Waals surface area (Å²) in [7, 11) is 0. The molecule has 1 heterocycles. The molecule has 2 nitrogen and oxygen atoms in total. The van der Waals surface area contributed by atoms with Crippen molar-refractivity contribution in [2.45, 2.75) is 0 Å². The highest BCUT2D eigenvalue weighted by Gasteiger charge is 1.98. The zero-order valence-electron chi connectivity index (χ0n) is 7.10. The van der Waals surface area contributed by atoms with Gasteiger partial charge in [-0.25, -0.2) is 4.98 Å². The Hall–Kier alpha value is -1.19. The molecule has 0 bridgehead atoms. The number of para-hydroxylation sites is 1. The molecule has 0 fully saturated rings. The van der Waals surface area contributed by atoms with Crippen molar-refractivity contribution in [2.75, 3.05) is 6.54 Å². The molecule has 0 unspecified atom stereocenters. The van der Waals surface area contributed by atoms with E-state index in [0.717, 1.165) is 10.5 Å². The Morgan fingerprint density at radius 2 is 2.23 bits per heavy atom. The third kappa shape index (κ3) is 1.76. The molecule has 66 valence electrons. The fourth-order valence-electron chi connectivity index (χ4n) is 1.13. The lowest BCUT2D eigenvalue weighted by Crippen LogP contribution is -1.91. The largest absolute Gasteiger partial charge is 0.327 e. The first-order valence-electron chi connectivity index (χ1n) is 4.12. The van der Waals surface area contributed by atoms with Gasteiger partial charge in [0.2, 0.25) is 0 Å². The summed E-state index contributed by atoms with van der Waals surface area (Å²) in [6.45, 7) is 0.565. The van der Waals surface area contributed by atoms with E-state index >= 15 is 0 Å². The van der Waals surface area contributed by atoms with Gasteiger partial charge in [0.25, 0.3) is 0 Å². The highest BCUT2D eigenvalue weighted by Crippen LogP contribution is 2.21. The minimum absolute atomic E-state index is 0.565. The van der Waals surface area contributed by atoms with E-state index in [-0.39, 0.29) is 0 Å².